The van der Waals surface area contributed by atoms with Crippen molar-refractivity contribution < 1.29 is 9.59 Å². The van der Waals surface area contributed by atoms with Gasteiger partial charge in [0.25, 0.3) is 0 Å². The first-order valence-electron chi connectivity index (χ1n) is 7.67. The van der Waals surface area contributed by atoms with Crippen LogP contribution in [0.3, 0.4) is 0 Å². The van der Waals surface area contributed by atoms with Crippen LogP contribution < -0.4 is 10.3 Å². The third-order valence-corrected chi connectivity index (χ3v) is 4.67. The van der Waals surface area contributed by atoms with E-state index in [0.717, 1.165) is 15.7 Å². The van der Waals surface area contributed by atoms with Crippen LogP contribution in [0.2, 0.25) is 5.02 Å². The zero-order valence-electron chi connectivity index (χ0n) is 13.2. The van der Waals surface area contributed by atoms with Crippen LogP contribution in [-0.2, 0) is 9.59 Å². The molecule has 128 valence electrons. The molecule has 1 N–H and O–H groups in total. The zero-order valence-corrected chi connectivity index (χ0v) is 15.5. The summed E-state index contributed by atoms with van der Waals surface area (Å²) in [7, 11) is 0. The molecule has 1 unspecified atom stereocenters. The average Bonchev–Trinajstić information content (AvgIpc) is 2.99. The van der Waals surface area contributed by atoms with Gasteiger partial charge in [0.05, 0.1) is 12.1 Å². The Hall–Kier alpha value is -2.18. The monoisotopic (exact) mass is 419 g/mol. The molecule has 1 atom stereocenters. The molecular weight excluding hydrogens is 406 g/mol. The van der Waals surface area contributed by atoms with Crippen LogP contribution in [0.1, 0.15) is 12.0 Å². The van der Waals surface area contributed by atoms with Crippen molar-refractivity contribution in [2.45, 2.75) is 6.42 Å². The van der Waals surface area contributed by atoms with Gasteiger partial charge in [-0.3, -0.25) is 9.59 Å². The molecule has 5 nitrogen and oxygen atoms in total. The molecule has 1 aliphatic rings. The maximum atomic E-state index is 12.2. The van der Waals surface area contributed by atoms with Gasteiger partial charge < -0.3 is 4.90 Å². The predicted molar refractivity (Wildman–Crippen MR) is 102 cm³/mol. The van der Waals surface area contributed by atoms with Crippen molar-refractivity contribution in [1.82, 2.24) is 5.43 Å². The number of amides is 2. The number of nitrogens with zero attached hydrogens (tertiary/aromatic N) is 2. The molecule has 0 saturated carbocycles. The highest BCUT2D eigenvalue weighted by atomic mass is 79.9. The molecule has 2 aromatic carbocycles. The van der Waals surface area contributed by atoms with E-state index in [9.17, 15) is 9.59 Å². The molecule has 3 rings (SSSR count). The van der Waals surface area contributed by atoms with E-state index in [2.05, 4.69) is 26.5 Å². The van der Waals surface area contributed by atoms with Crippen molar-refractivity contribution in [3.05, 3.63) is 63.6 Å². The van der Waals surface area contributed by atoms with Gasteiger partial charge in [-0.2, -0.15) is 5.10 Å². The Morgan fingerprint density at radius 3 is 2.56 bits per heavy atom. The minimum Gasteiger partial charge on any atom is -0.312 e. The summed E-state index contributed by atoms with van der Waals surface area (Å²) in [4.78, 5) is 26.0. The molecule has 25 heavy (non-hydrogen) atoms. The molecule has 0 bridgehead atoms. The summed E-state index contributed by atoms with van der Waals surface area (Å²) in [6, 6.07) is 14.5. The van der Waals surface area contributed by atoms with Gasteiger partial charge in [0.2, 0.25) is 11.8 Å². The predicted octanol–water partition coefficient (Wildman–Crippen LogP) is 3.61. The molecule has 1 fully saturated rings. The van der Waals surface area contributed by atoms with Gasteiger partial charge in [0.1, 0.15) is 0 Å². The van der Waals surface area contributed by atoms with E-state index in [4.69, 9.17) is 11.6 Å². The number of rotatable bonds is 4. The average molecular weight is 421 g/mol. The molecule has 0 spiro atoms. The number of hydrogen-bond acceptors (Lipinski definition) is 3. The van der Waals surface area contributed by atoms with Crippen LogP contribution in [0.15, 0.2) is 58.1 Å². The second kappa shape index (κ2) is 7.80. The third kappa shape index (κ3) is 4.46. The number of anilines is 1. The Kier molecular flexibility index (Phi) is 5.50. The van der Waals surface area contributed by atoms with Crippen LogP contribution in [0, 0.1) is 5.92 Å². The summed E-state index contributed by atoms with van der Waals surface area (Å²) in [5.74, 6) is -0.775. The zero-order chi connectivity index (χ0) is 17.8. The fourth-order valence-electron chi connectivity index (χ4n) is 2.56. The number of carbonyl (C=O) groups excluding carboxylic acids is 2. The summed E-state index contributed by atoms with van der Waals surface area (Å²) in [6.07, 6.45) is 1.74. The molecule has 0 aromatic heterocycles. The van der Waals surface area contributed by atoms with E-state index in [1.54, 1.807) is 35.4 Å². The Balaban J connectivity index is 1.59. The Bertz CT molecular complexity index is 806. The van der Waals surface area contributed by atoms with Gasteiger partial charge in [-0.1, -0.05) is 39.7 Å². The van der Waals surface area contributed by atoms with E-state index in [-0.39, 0.29) is 18.2 Å². The van der Waals surface area contributed by atoms with E-state index < -0.39 is 5.92 Å². The lowest BCUT2D eigenvalue weighted by atomic mass is 10.1. The smallest absolute Gasteiger partial charge is 0.245 e. The molecule has 7 heteroatoms. The SMILES string of the molecule is O=C(N/N=C/c1ccc(Br)cc1)C1CC(=O)N(c2ccc(Cl)cc2)C1. The highest BCUT2D eigenvalue weighted by Gasteiger charge is 2.35. The minimum atomic E-state index is -0.426. The van der Waals surface area contributed by atoms with Crippen LogP contribution in [0.5, 0.6) is 0 Å². The van der Waals surface area contributed by atoms with E-state index in [0.29, 0.717) is 11.6 Å². The van der Waals surface area contributed by atoms with E-state index >= 15 is 0 Å². The van der Waals surface area contributed by atoms with Crippen LogP contribution in [0.25, 0.3) is 0 Å². The fraction of sp³-hybridized carbons (Fsp3) is 0.167. The number of hydrazone groups is 1. The third-order valence-electron chi connectivity index (χ3n) is 3.89. The highest BCUT2D eigenvalue weighted by Crippen LogP contribution is 2.26. The molecule has 0 aliphatic carbocycles. The Morgan fingerprint density at radius 1 is 1.20 bits per heavy atom. The number of benzene rings is 2. The molecule has 1 aliphatic heterocycles. The van der Waals surface area contributed by atoms with Gasteiger partial charge in [0, 0.05) is 28.1 Å². The van der Waals surface area contributed by atoms with Gasteiger partial charge in [-0.15, -0.1) is 0 Å². The largest absolute Gasteiger partial charge is 0.312 e. The van der Waals surface area contributed by atoms with Crippen molar-refractivity contribution in [1.29, 1.82) is 0 Å². The number of hydrogen-bond donors (Lipinski definition) is 1. The topological polar surface area (TPSA) is 61.8 Å². The molecule has 2 amide bonds. The quantitative estimate of drug-likeness (QED) is 0.607. The van der Waals surface area contributed by atoms with Gasteiger partial charge in [-0.05, 0) is 42.0 Å². The lowest BCUT2D eigenvalue weighted by Crippen LogP contribution is -2.30. The van der Waals surface area contributed by atoms with Crippen LogP contribution in [0.4, 0.5) is 5.69 Å². The standard InChI is InChI=1S/C18H15BrClN3O2/c19-14-3-1-12(2-4-14)10-21-22-18(25)13-9-17(24)23(11-13)16-7-5-15(20)6-8-16/h1-8,10,13H,9,11H2,(H,22,25)/b21-10+. The van der Waals surface area contributed by atoms with E-state index in [1.165, 1.54) is 0 Å². The molecule has 2 aromatic rings. The fourth-order valence-corrected chi connectivity index (χ4v) is 2.95. The van der Waals surface area contributed by atoms with E-state index in [1.807, 2.05) is 24.3 Å². The molecule has 1 heterocycles. The lowest BCUT2D eigenvalue weighted by molar-refractivity contribution is -0.126. The van der Waals surface area contributed by atoms with Gasteiger partial charge in [-0.25, -0.2) is 5.43 Å². The minimum absolute atomic E-state index is 0.0839. The highest BCUT2D eigenvalue weighted by molar-refractivity contribution is 9.10. The summed E-state index contributed by atoms with van der Waals surface area (Å²) in [5, 5.41) is 4.57. The number of nitrogens with one attached hydrogen (secondary N) is 1. The normalized spacial score (nSPS) is 17.3. The first kappa shape index (κ1) is 17.6. The summed E-state index contributed by atoms with van der Waals surface area (Å²) < 4.78 is 0.973. The molecule has 0 radical (unpaired) electrons. The maximum Gasteiger partial charge on any atom is 0.245 e. The number of halogens is 2. The maximum absolute atomic E-state index is 12.2. The Morgan fingerprint density at radius 2 is 1.88 bits per heavy atom. The molecule has 1 saturated heterocycles. The summed E-state index contributed by atoms with van der Waals surface area (Å²) in [5.41, 5.74) is 4.12. The van der Waals surface area contributed by atoms with Crippen LogP contribution in [-0.4, -0.2) is 24.6 Å². The second-order valence-electron chi connectivity index (χ2n) is 5.67. The van der Waals surface area contributed by atoms with Crippen molar-refractivity contribution in [2.24, 2.45) is 11.0 Å². The molecular formula is C18H15BrClN3O2. The van der Waals surface area contributed by atoms with Crippen molar-refractivity contribution in [3.8, 4) is 0 Å². The van der Waals surface area contributed by atoms with Crippen LogP contribution >= 0.6 is 27.5 Å². The Labute approximate surface area is 158 Å². The number of carbonyl (C=O) groups is 2. The second-order valence-corrected chi connectivity index (χ2v) is 7.02. The van der Waals surface area contributed by atoms with Gasteiger partial charge >= 0.3 is 0 Å². The first-order valence-corrected chi connectivity index (χ1v) is 8.84. The lowest BCUT2D eigenvalue weighted by Gasteiger charge is -2.16. The summed E-state index contributed by atoms with van der Waals surface area (Å²) >= 11 is 9.22. The van der Waals surface area contributed by atoms with Crippen molar-refractivity contribution >= 4 is 51.2 Å². The van der Waals surface area contributed by atoms with Crippen molar-refractivity contribution in [2.75, 3.05) is 11.4 Å². The van der Waals surface area contributed by atoms with Crippen molar-refractivity contribution in [3.63, 3.8) is 0 Å². The first-order chi connectivity index (χ1) is 12.0. The summed E-state index contributed by atoms with van der Waals surface area (Å²) in [6.45, 7) is 0.333. The van der Waals surface area contributed by atoms with Gasteiger partial charge in [0.15, 0.2) is 0 Å².